The highest BCUT2D eigenvalue weighted by Gasteiger charge is 2.29. The molecule has 0 saturated heterocycles. The Kier molecular flexibility index (Phi) is 6.38. The molecule has 3 heterocycles. The van der Waals surface area contributed by atoms with E-state index in [1.54, 1.807) is 43.8 Å². The number of amides is 2. The summed E-state index contributed by atoms with van der Waals surface area (Å²) < 4.78 is 6.83. The first kappa shape index (κ1) is 23.4. The van der Waals surface area contributed by atoms with Gasteiger partial charge in [0.15, 0.2) is 5.82 Å². The lowest BCUT2D eigenvalue weighted by Crippen LogP contribution is -2.53. The third-order valence-corrected chi connectivity index (χ3v) is 6.05. The quantitative estimate of drug-likeness (QED) is 0.422. The van der Waals surface area contributed by atoms with Crippen LogP contribution in [0.4, 0.5) is 5.82 Å². The van der Waals surface area contributed by atoms with E-state index in [2.05, 4.69) is 25.7 Å². The molecule has 1 aliphatic rings. The molecule has 0 bridgehead atoms. The number of methoxy groups -OCH3 is 1. The highest BCUT2D eigenvalue weighted by Crippen LogP contribution is 2.29. The van der Waals surface area contributed by atoms with E-state index in [4.69, 9.17) is 16.2 Å². The molecule has 34 heavy (non-hydrogen) atoms. The van der Waals surface area contributed by atoms with Gasteiger partial charge < -0.3 is 26.8 Å². The molecule has 6 N–H and O–H groups in total. The molecule has 180 valence electrons. The van der Waals surface area contributed by atoms with Crippen LogP contribution in [0.2, 0.25) is 0 Å². The molecule has 1 fully saturated rings. The monoisotopic (exact) mass is 466 g/mol. The van der Waals surface area contributed by atoms with Crippen LogP contribution < -0.4 is 26.8 Å². The van der Waals surface area contributed by atoms with Crippen molar-refractivity contribution in [3.63, 3.8) is 0 Å². The Bertz CT molecular complexity index is 1210. The lowest BCUT2D eigenvalue weighted by atomic mass is 9.90. The molecule has 1 aliphatic carbocycles. The summed E-state index contributed by atoms with van der Waals surface area (Å²) in [4.78, 5) is 33.6. The minimum Gasteiger partial charge on any atom is -0.481 e. The van der Waals surface area contributed by atoms with Gasteiger partial charge in [0.2, 0.25) is 11.8 Å². The summed E-state index contributed by atoms with van der Waals surface area (Å²) in [7, 11) is 1.54. The fourth-order valence-electron chi connectivity index (χ4n) is 4.14. The van der Waals surface area contributed by atoms with Gasteiger partial charge in [0.25, 0.3) is 5.91 Å². The van der Waals surface area contributed by atoms with Gasteiger partial charge in [-0.1, -0.05) is 0 Å². The van der Waals surface area contributed by atoms with Crippen molar-refractivity contribution >= 4 is 23.1 Å². The Labute approximate surface area is 197 Å². The molecular formula is C23H30N8O3. The second-order valence-corrected chi connectivity index (χ2v) is 9.15. The number of aromatic nitrogens is 4. The number of nitrogens with one attached hydrogen (secondary N) is 2. The first-order chi connectivity index (χ1) is 16.2. The molecule has 0 unspecified atom stereocenters. The summed E-state index contributed by atoms with van der Waals surface area (Å²) in [6.07, 6.45) is 5.99. The second kappa shape index (κ2) is 9.26. The van der Waals surface area contributed by atoms with Crippen molar-refractivity contribution in [3.8, 4) is 17.1 Å². The minimum atomic E-state index is -0.917. The van der Waals surface area contributed by atoms with Crippen LogP contribution in [0.3, 0.4) is 0 Å². The third-order valence-electron chi connectivity index (χ3n) is 6.05. The number of carbonyl (C=O) groups is 2. The molecule has 0 aliphatic heterocycles. The SMILES string of the molecule is COc1cc(-c2cc(C(=O)NC3CCC(NC(=O)C(C)(C)N)CC3)c3c(N)ncnn23)ccn1. The molecule has 0 atom stereocenters. The predicted molar refractivity (Wildman–Crippen MR) is 127 cm³/mol. The van der Waals surface area contributed by atoms with Crippen LogP contribution in [0.1, 0.15) is 49.9 Å². The van der Waals surface area contributed by atoms with Gasteiger partial charge in [-0.2, -0.15) is 5.10 Å². The van der Waals surface area contributed by atoms with Crippen LogP contribution in [0.5, 0.6) is 5.88 Å². The zero-order valence-electron chi connectivity index (χ0n) is 19.5. The smallest absolute Gasteiger partial charge is 0.253 e. The Morgan fingerprint density at radius 1 is 1.12 bits per heavy atom. The summed E-state index contributed by atoms with van der Waals surface area (Å²) in [6.45, 7) is 3.37. The topological polar surface area (TPSA) is 163 Å². The Hall–Kier alpha value is -3.73. The van der Waals surface area contributed by atoms with Crippen molar-refractivity contribution < 1.29 is 14.3 Å². The normalized spacial score (nSPS) is 18.5. The van der Waals surface area contributed by atoms with Crippen molar-refractivity contribution in [2.45, 2.75) is 57.2 Å². The molecule has 11 heteroatoms. The number of pyridine rings is 1. The van der Waals surface area contributed by atoms with Gasteiger partial charge in [-0.15, -0.1) is 0 Å². The number of anilines is 1. The van der Waals surface area contributed by atoms with E-state index >= 15 is 0 Å². The average Bonchev–Trinajstić information content (AvgIpc) is 3.21. The number of nitrogens with two attached hydrogens (primary N) is 2. The molecular weight excluding hydrogens is 436 g/mol. The Balaban J connectivity index is 1.52. The first-order valence-corrected chi connectivity index (χ1v) is 11.2. The van der Waals surface area contributed by atoms with Crippen molar-refractivity contribution in [3.05, 3.63) is 36.3 Å². The van der Waals surface area contributed by atoms with Crippen molar-refractivity contribution in [1.29, 1.82) is 0 Å². The lowest BCUT2D eigenvalue weighted by molar-refractivity contribution is -0.126. The van der Waals surface area contributed by atoms with E-state index < -0.39 is 5.54 Å². The second-order valence-electron chi connectivity index (χ2n) is 9.15. The number of ether oxygens (including phenoxy) is 1. The summed E-state index contributed by atoms with van der Waals surface area (Å²) in [5, 5.41) is 10.4. The Morgan fingerprint density at radius 3 is 2.44 bits per heavy atom. The van der Waals surface area contributed by atoms with Crippen LogP contribution >= 0.6 is 0 Å². The van der Waals surface area contributed by atoms with Gasteiger partial charge in [-0.05, 0) is 51.7 Å². The maximum absolute atomic E-state index is 13.3. The van der Waals surface area contributed by atoms with Gasteiger partial charge >= 0.3 is 0 Å². The minimum absolute atomic E-state index is 0.0168. The van der Waals surface area contributed by atoms with Gasteiger partial charge in [-0.25, -0.2) is 14.5 Å². The molecule has 0 aromatic carbocycles. The van der Waals surface area contributed by atoms with Gasteiger partial charge in [0, 0.05) is 29.9 Å². The zero-order chi connectivity index (χ0) is 24.5. The van der Waals surface area contributed by atoms with E-state index in [0.29, 0.717) is 22.7 Å². The van der Waals surface area contributed by atoms with E-state index in [0.717, 1.165) is 31.2 Å². The largest absolute Gasteiger partial charge is 0.481 e. The molecule has 11 nitrogen and oxygen atoms in total. The van der Waals surface area contributed by atoms with Crippen molar-refractivity contribution in [2.24, 2.45) is 5.73 Å². The van der Waals surface area contributed by atoms with Crippen LogP contribution in [0.15, 0.2) is 30.7 Å². The standard InChI is InChI=1S/C23H30N8O3/c1-23(2,25)22(33)30-15-6-4-14(5-7-15)29-21(32)16-11-17(13-8-9-26-18(10-13)34-3)31-19(16)20(24)27-12-28-31/h8-12,14-15H,4-7,25H2,1-3H3,(H,29,32)(H,30,33)(H2,24,27,28). The summed E-state index contributed by atoms with van der Waals surface area (Å²) in [5.74, 6) is 0.239. The molecule has 0 radical (unpaired) electrons. The molecule has 3 aromatic heterocycles. The van der Waals surface area contributed by atoms with Gasteiger partial charge in [0.05, 0.1) is 23.9 Å². The maximum Gasteiger partial charge on any atom is 0.253 e. The fourth-order valence-corrected chi connectivity index (χ4v) is 4.14. The molecule has 4 rings (SSSR count). The first-order valence-electron chi connectivity index (χ1n) is 11.2. The van der Waals surface area contributed by atoms with Crippen LogP contribution in [-0.4, -0.2) is 56.1 Å². The van der Waals surface area contributed by atoms with Gasteiger partial charge in [-0.3, -0.25) is 9.59 Å². The molecule has 1 saturated carbocycles. The summed E-state index contributed by atoms with van der Waals surface area (Å²) >= 11 is 0. The summed E-state index contributed by atoms with van der Waals surface area (Å²) in [6, 6.07) is 5.36. The van der Waals surface area contributed by atoms with Crippen LogP contribution in [0, 0.1) is 0 Å². The number of hydrogen-bond donors (Lipinski definition) is 4. The summed E-state index contributed by atoms with van der Waals surface area (Å²) in [5.41, 5.74) is 13.4. The molecule has 0 spiro atoms. The van der Waals surface area contributed by atoms with Crippen molar-refractivity contribution in [2.75, 3.05) is 12.8 Å². The Morgan fingerprint density at radius 2 is 1.79 bits per heavy atom. The van der Waals surface area contributed by atoms with Gasteiger partial charge in [0.1, 0.15) is 11.8 Å². The van der Waals surface area contributed by atoms with Crippen LogP contribution in [0.25, 0.3) is 16.8 Å². The highest BCUT2D eigenvalue weighted by molar-refractivity contribution is 6.05. The maximum atomic E-state index is 13.3. The van der Waals surface area contributed by atoms with E-state index in [-0.39, 0.29) is 29.7 Å². The average molecular weight is 467 g/mol. The zero-order valence-corrected chi connectivity index (χ0v) is 19.5. The van der Waals surface area contributed by atoms with Crippen LogP contribution in [-0.2, 0) is 4.79 Å². The lowest BCUT2D eigenvalue weighted by Gasteiger charge is -2.31. The number of hydrogen-bond acceptors (Lipinski definition) is 8. The fraction of sp³-hybridized carbons (Fsp3) is 0.435. The number of fused-ring (bicyclic) bond motifs is 1. The van der Waals surface area contributed by atoms with E-state index in [1.807, 2.05) is 6.07 Å². The van der Waals surface area contributed by atoms with E-state index in [1.165, 1.54) is 6.33 Å². The van der Waals surface area contributed by atoms with E-state index in [9.17, 15) is 9.59 Å². The number of rotatable bonds is 6. The highest BCUT2D eigenvalue weighted by atomic mass is 16.5. The number of nitrogen functional groups attached to an aromatic ring is 1. The molecule has 2 amide bonds. The predicted octanol–water partition coefficient (Wildman–Crippen LogP) is 1.28. The van der Waals surface area contributed by atoms with Crippen molar-refractivity contribution in [1.82, 2.24) is 30.2 Å². The number of nitrogens with zero attached hydrogens (tertiary/aromatic N) is 4. The molecule has 3 aromatic rings. The number of carbonyl (C=O) groups excluding carboxylic acids is 2. The third kappa shape index (κ3) is 4.79.